The van der Waals surface area contributed by atoms with E-state index in [1.54, 1.807) is 0 Å². The second-order valence-corrected chi connectivity index (χ2v) is 4.10. The molecule has 3 heteroatoms. The number of hydrogen-bond donors (Lipinski definition) is 1. The van der Waals surface area contributed by atoms with Crippen LogP contribution in [0.4, 0.5) is 0 Å². The first-order valence-corrected chi connectivity index (χ1v) is 5.43. The lowest BCUT2D eigenvalue weighted by Gasteiger charge is -2.23. The van der Waals surface area contributed by atoms with Crippen LogP contribution in [0.15, 0.2) is 18.5 Å². The standard InChI is InChI=1S/C12H21N3/c1-5-14-12(9-15(3)4)11-8-13-7-6-10(11)2/h6-8,12,14H,5,9H2,1-4H3. The van der Waals surface area contributed by atoms with Gasteiger partial charge in [0.25, 0.3) is 0 Å². The van der Waals surface area contributed by atoms with Gasteiger partial charge in [0, 0.05) is 25.0 Å². The van der Waals surface area contributed by atoms with Crippen molar-refractivity contribution >= 4 is 0 Å². The van der Waals surface area contributed by atoms with Crippen LogP contribution < -0.4 is 5.32 Å². The molecule has 0 aliphatic rings. The van der Waals surface area contributed by atoms with Crippen LogP contribution in [0.2, 0.25) is 0 Å². The number of nitrogens with one attached hydrogen (secondary N) is 1. The normalized spacial score (nSPS) is 13.1. The highest BCUT2D eigenvalue weighted by Gasteiger charge is 2.13. The van der Waals surface area contributed by atoms with Crippen molar-refractivity contribution in [2.75, 3.05) is 27.2 Å². The van der Waals surface area contributed by atoms with Crippen LogP contribution in [0.25, 0.3) is 0 Å². The fourth-order valence-electron chi connectivity index (χ4n) is 1.73. The Bertz CT molecular complexity index is 297. The van der Waals surface area contributed by atoms with Gasteiger partial charge < -0.3 is 10.2 Å². The highest BCUT2D eigenvalue weighted by molar-refractivity contribution is 5.25. The van der Waals surface area contributed by atoms with Crippen molar-refractivity contribution in [2.24, 2.45) is 0 Å². The zero-order chi connectivity index (χ0) is 11.3. The van der Waals surface area contributed by atoms with Crippen LogP contribution in [0.5, 0.6) is 0 Å². The second kappa shape index (κ2) is 5.83. The molecular formula is C12H21N3. The molecule has 1 heterocycles. The van der Waals surface area contributed by atoms with Crippen LogP contribution >= 0.6 is 0 Å². The summed E-state index contributed by atoms with van der Waals surface area (Å²) in [5.74, 6) is 0. The quantitative estimate of drug-likeness (QED) is 0.795. The van der Waals surface area contributed by atoms with Gasteiger partial charge in [0.15, 0.2) is 0 Å². The van der Waals surface area contributed by atoms with Crippen LogP contribution in [0.1, 0.15) is 24.1 Å². The maximum absolute atomic E-state index is 4.20. The van der Waals surface area contributed by atoms with E-state index in [4.69, 9.17) is 0 Å². The van der Waals surface area contributed by atoms with Crippen molar-refractivity contribution in [1.29, 1.82) is 0 Å². The topological polar surface area (TPSA) is 28.2 Å². The largest absolute Gasteiger partial charge is 0.309 e. The van der Waals surface area contributed by atoms with E-state index in [1.165, 1.54) is 11.1 Å². The highest BCUT2D eigenvalue weighted by Crippen LogP contribution is 2.16. The number of aryl methyl sites for hydroxylation is 1. The zero-order valence-corrected chi connectivity index (χ0v) is 10.1. The third kappa shape index (κ3) is 3.61. The molecule has 1 aromatic heterocycles. The molecule has 0 aliphatic heterocycles. The Morgan fingerprint density at radius 3 is 2.73 bits per heavy atom. The highest BCUT2D eigenvalue weighted by atomic mass is 15.1. The third-order valence-electron chi connectivity index (χ3n) is 2.45. The van der Waals surface area contributed by atoms with E-state index in [0.29, 0.717) is 6.04 Å². The molecule has 1 N–H and O–H groups in total. The smallest absolute Gasteiger partial charge is 0.0466 e. The van der Waals surface area contributed by atoms with E-state index in [-0.39, 0.29) is 0 Å². The molecule has 0 aromatic carbocycles. The number of nitrogens with zero attached hydrogens (tertiary/aromatic N) is 2. The predicted molar refractivity (Wildman–Crippen MR) is 63.9 cm³/mol. The molecule has 1 aromatic rings. The number of pyridine rings is 1. The van der Waals surface area contributed by atoms with Gasteiger partial charge in [0.05, 0.1) is 0 Å². The van der Waals surface area contributed by atoms with E-state index >= 15 is 0 Å². The molecule has 1 unspecified atom stereocenters. The number of hydrogen-bond acceptors (Lipinski definition) is 3. The Kier molecular flexibility index (Phi) is 4.72. The maximum atomic E-state index is 4.20. The fourth-order valence-corrected chi connectivity index (χ4v) is 1.73. The Hall–Kier alpha value is -0.930. The molecule has 0 radical (unpaired) electrons. The molecule has 1 rings (SSSR count). The van der Waals surface area contributed by atoms with Gasteiger partial charge >= 0.3 is 0 Å². The molecule has 3 nitrogen and oxygen atoms in total. The van der Waals surface area contributed by atoms with E-state index in [1.807, 2.05) is 12.4 Å². The molecule has 84 valence electrons. The summed E-state index contributed by atoms with van der Waals surface area (Å²) >= 11 is 0. The summed E-state index contributed by atoms with van der Waals surface area (Å²) in [4.78, 5) is 6.39. The van der Waals surface area contributed by atoms with Crippen LogP contribution in [-0.4, -0.2) is 37.1 Å². The van der Waals surface area contributed by atoms with Crippen molar-refractivity contribution in [3.8, 4) is 0 Å². The number of rotatable bonds is 5. The summed E-state index contributed by atoms with van der Waals surface area (Å²) in [7, 11) is 4.19. The molecule has 0 aliphatic carbocycles. The van der Waals surface area contributed by atoms with E-state index < -0.39 is 0 Å². The number of likely N-dealkylation sites (N-methyl/N-ethyl adjacent to an activating group) is 2. The van der Waals surface area contributed by atoms with Gasteiger partial charge in [0.1, 0.15) is 0 Å². The summed E-state index contributed by atoms with van der Waals surface area (Å²) in [5, 5.41) is 3.49. The van der Waals surface area contributed by atoms with Gasteiger partial charge in [-0.05, 0) is 44.8 Å². The fraction of sp³-hybridized carbons (Fsp3) is 0.583. The molecular weight excluding hydrogens is 186 g/mol. The Labute approximate surface area is 92.5 Å². The minimum Gasteiger partial charge on any atom is -0.309 e. The Morgan fingerprint density at radius 2 is 2.20 bits per heavy atom. The van der Waals surface area contributed by atoms with Crippen LogP contribution in [-0.2, 0) is 0 Å². The van der Waals surface area contributed by atoms with Gasteiger partial charge in [-0.15, -0.1) is 0 Å². The average Bonchev–Trinajstić information content (AvgIpc) is 2.17. The first-order valence-electron chi connectivity index (χ1n) is 5.43. The summed E-state index contributed by atoms with van der Waals surface area (Å²) in [6.07, 6.45) is 3.81. The summed E-state index contributed by atoms with van der Waals surface area (Å²) < 4.78 is 0. The first-order chi connectivity index (χ1) is 7.15. The second-order valence-electron chi connectivity index (χ2n) is 4.10. The van der Waals surface area contributed by atoms with Gasteiger partial charge in [-0.1, -0.05) is 6.92 Å². The molecule has 15 heavy (non-hydrogen) atoms. The average molecular weight is 207 g/mol. The minimum absolute atomic E-state index is 0.374. The third-order valence-corrected chi connectivity index (χ3v) is 2.45. The lowest BCUT2D eigenvalue weighted by molar-refractivity contribution is 0.344. The molecule has 0 bridgehead atoms. The molecule has 1 atom stereocenters. The minimum atomic E-state index is 0.374. The van der Waals surface area contributed by atoms with Crippen molar-refractivity contribution < 1.29 is 0 Å². The molecule has 0 saturated heterocycles. The van der Waals surface area contributed by atoms with Gasteiger partial charge in [-0.3, -0.25) is 4.98 Å². The first kappa shape index (κ1) is 12.1. The lowest BCUT2D eigenvalue weighted by Crippen LogP contribution is -2.31. The Balaban J connectivity index is 2.83. The summed E-state index contributed by atoms with van der Waals surface area (Å²) in [6.45, 7) is 6.25. The predicted octanol–water partition coefficient (Wildman–Crippen LogP) is 1.60. The van der Waals surface area contributed by atoms with Crippen molar-refractivity contribution in [3.05, 3.63) is 29.6 Å². The molecule has 0 saturated carbocycles. The summed E-state index contributed by atoms with van der Waals surface area (Å²) in [5.41, 5.74) is 2.60. The van der Waals surface area contributed by atoms with Crippen LogP contribution in [0.3, 0.4) is 0 Å². The monoisotopic (exact) mass is 207 g/mol. The number of aromatic nitrogens is 1. The SMILES string of the molecule is CCNC(CN(C)C)c1cnccc1C. The molecule has 0 fully saturated rings. The van der Waals surface area contributed by atoms with Gasteiger partial charge in [0.2, 0.25) is 0 Å². The van der Waals surface area contributed by atoms with Crippen molar-refractivity contribution in [1.82, 2.24) is 15.2 Å². The van der Waals surface area contributed by atoms with Gasteiger partial charge in [-0.2, -0.15) is 0 Å². The van der Waals surface area contributed by atoms with Crippen molar-refractivity contribution in [3.63, 3.8) is 0 Å². The summed E-state index contributed by atoms with van der Waals surface area (Å²) in [6, 6.07) is 2.44. The molecule has 0 amide bonds. The lowest BCUT2D eigenvalue weighted by atomic mass is 10.0. The van der Waals surface area contributed by atoms with Crippen molar-refractivity contribution in [2.45, 2.75) is 19.9 Å². The van der Waals surface area contributed by atoms with E-state index in [0.717, 1.165) is 13.1 Å². The zero-order valence-electron chi connectivity index (χ0n) is 10.1. The van der Waals surface area contributed by atoms with E-state index in [9.17, 15) is 0 Å². The van der Waals surface area contributed by atoms with Crippen LogP contribution in [0, 0.1) is 6.92 Å². The maximum Gasteiger partial charge on any atom is 0.0466 e. The molecule has 0 spiro atoms. The van der Waals surface area contributed by atoms with Gasteiger partial charge in [-0.25, -0.2) is 0 Å². The van der Waals surface area contributed by atoms with E-state index in [2.05, 4.69) is 49.2 Å². The Morgan fingerprint density at radius 1 is 1.47 bits per heavy atom.